The van der Waals surface area contributed by atoms with Gasteiger partial charge in [-0.25, -0.2) is 9.59 Å². The van der Waals surface area contributed by atoms with Crippen molar-refractivity contribution in [2.75, 3.05) is 38.8 Å². The van der Waals surface area contributed by atoms with Crippen molar-refractivity contribution in [1.82, 2.24) is 4.90 Å². The van der Waals surface area contributed by atoms with Crippen LogP contribution in [0.5, 0.6) is 11.5 Å². The number of rotatable bonds is 12. The number of benzene rings is 3. The molecule has 3 saturated heterocycles. The summed E-state index contributed by atoms with van der Waals surface area (Å²) in [6, 6.07) is 17.3. The first kappa shape index (κ1) is 36.2. The maximum absolute atomic E-state index is 14.0. The number of carbonyl (C=O) groups is 2. The van der Waals surface area contributed by atoms with Gasteiger partial charge in [0.1, 0.15) is 16.1 Å². The highest BCUT2D eigenvalue weighted by Gasteiger charge is 2.37. The van der Waals surface area contributed by atoms with Gasteiger partial charge in [-0.05, 0) is 90.9 Å². The van der Waals surface area contributed by atoms with Crippen LogP contribution in [-0.2, 0) is 24.3 Å². The number of piperidine rings is 3. The minimum Gasteiger partial charge on any atom is -0.619 e. The zero-order chi connectivity index (χ0) is 36.2. The summed E-state index contributed by atoms with van der Waals surface area (Å²) >= 11 is 13.1. The van der Waals surface area contributed by atoms with Crippen molar-refractivity contribution < 1.29 is 38.7 Å². The molecule has 0 saturated carbocycles. The van der Waals surface area contributed by atoms with Crippen molar-refractivity contribution >= 4 is 41.0 Å². The molecule has 13 heteroatoms. The van der Waals surface area contributed by atoms with Crippen molar-refractivity contribution in [2.24, 2.45) is 5.92 Å². The Bertz CT molecular complexity index is 1890. The van der Waals surface area contributed by atoms with Gasteiger partial charge in [0.25, 0.3) is 0 Å². The molecule has 0 aliphatic carbocycles. The molecule has 0 spiro atoms. The lowest BCUT2D eigenvalue weighted by Gasteiger charge is -2.44. The third-order valence-electron chi connectivity index (χ3n) is 9.81. The van der Waals surface area contributed by atoms with Crippen LogP contribution < -0.4 is 19.1 Å². The fraction of sp³-hybridized carbons (Fsp3) is 0.342. The number of aliphatic hydroxyl groups is 1. The second-order valence-corrected chi connectivity index (χ2v) is 13.7. The molecule has 7 rings (SSSR count). The van der Waals surface area contributed by atoms with E-state index in [4.69, 9.17) is 37.4 Å². The van der Waals surface area contributed by atoms with E-state index in [0.717, 1.165) is 25.9 Å². The first-order valence-corrected chi connectivity index (χ1v) is 17.4. The summed E-state index contributed by atoms with van der Waals surface area (Å²) in [7, 11) is 3.03. The Morgan fingerprint density at radius 1 is 0.980 bits per heavy atom. The first-order valence-electron chi connectivity index (χ1n) is 16.6. The van der Waals surface area contributed by atoms with Gasteiger partial charge in [-0.3, -0.25) is 9.80 Å². The normalized spacial score (nSPS) is 18.6. The number of fused-ring (bicyclic) bond motifs is 3. The molecule has 0 radical (unpaired) electrons. The summed E-state index contributed by atoms with van der Waals surface area (Å²) < 4.78 is 17.7. The zero-order valence-electron chi connectivity index (χ0n) is 28.3. The number of halogens is 2. The number of carbonyl (C=O) groups excluding carboxylic acids is 1. The van der Waals surface area contributed by atoms with Crippen molar-refractivity contribution in [1.29, 1.82) is 0 Å². The van der Waals surface area contributed by atoms with E-state index >= 15 is 0 Å². The summed E-state index contributed by atoms with van der Waals surface area (Å²) in [5.41, 5.74) is 3.37. The van der Waals surface area contributed by atoms with Crippen molar-refractivity contribution in [3.63, 3.8) is 0 Å². The quantitative estimate of drug-likeness (QED) is 0.124. The fourth-order valence-electron chi connectivity index (χ4n) is 7.10. The molecule has 3 fully saturated rings. The maximum Gasteiger partial charge on any atom is 0.414 e. The highest BCUT2D eigenvalue weighted by atomic mass is 35.5. The molecular formula is C38H39Cl2N3O8. The maximum atomic E-state index is 14.0. The molecule has 1 aromatic heterocycles. The zero-order valence-corrected chi connectivity index (χ0v) is 29.8. The lowest BCUT2D eigenvalue weighted by molar-refractivity contribution is -0.605. The monoisotopic (exact) mass is 735 g/mol. The Hall–Kier alpha value is -4.55. The number of hydrogen-bond acceptors (Lipinski definition) is 8. The van der Waals surface area contributed by atoms with Gasteiger partial charge in [0, 0.05) is 23.7 Å². The summed E-state index contributed by atoms with van der Waals surface area (Å²) in [5.74, 6) is -0.600. The summed E-state index contributed by atoms with van der Waals surface area (Å²) in [5, 5.41) is 32.7. The summed E-state index contributed by atoms with van der Waals surface area (Å²) in [6.07, 6.45) is 3.69. The molecule has 4 aromatic rings. The molecule has 2 atom stereocenters. The average molecular weight is 737 g/mol. The highest BCUT2D eigenvalue weighted by Crippen LogP contribution is 2.39. The third-order valence-corrected chi connectivity index (χ3v) is 10.5. The molecule has 3 aromatic carbocycles. The second-order valence-electron chi connectivity index (χ2n) is 12.9. The first-order chi connectivity index (χ1) is 24.6. The number of ether oxygens (including phenoxy) is 3. The Morgan fingerprint density at radius 3 is 2.33 bits per heavy atom. The Kier molecular flexibility index (Phi) is 11.2. The lowest BCUT2D eigenvalue weighted by atomic mass is 9.82. The number of amides is 1. The van der Waals surface area contributed by atoms with Crippen LogP contribution in [0.2, 0.25) is 10.0 Å². The van der Waals surface area contributed by atoms with Crippen molar-refractivity contribution in [3.8, 4) is 11.5 Å². The van der Waals surface area contributed by atoms with Gasteiger partial charge in [-0.1, -0.05) is 53.5 Å². The minimum atomic E-state index is -1.15. The van der Waals surface area contributed by atoms with E-state index in [1.807, 2.05) is 0 Å². The van der Waals surface area contributed by atoms with E-state index in [2.05, 4.69) is 4.90 Å². The van der Waals surface area contributed by atoms with E-state index in [9.17, 15) is 25.0 Å². The smallest absolute Gasteiger partial charge is 0.414 e. The van der Waals surface area contributed by atoms with Crippen LogP contribution in [0, 0.1) is 11.1 Å². The molecule has 1 amide bonds. The summed E-state index contributed by atoms with van der Waals surface area (Å²) in [4.78, 5) is 30.6. The van der Waals surface area contributed by atoms with Gasteiger partial charge in [0.05, 0.1) is 32.9 Å². The number of carboxylic acids is 1. The number of aromatic nitrogens is 1. The molecule has 3 aliphatic heterocycles. The predicted octanol–water partition coefficient (Wildman–Crippen LogP) is 6.45. The van der Waals surface area contributed by atoms with E-state index < -0.39 is 18.0 Å². The molecule has 2 bridgehead atoms. The Morgan fingerprint density at radius 2 is 1.71 bits per heavy atom. The van der Waals surface area contributed by atoms with Crippen molar-refractivity contribution in [2.45, 2.75) is 44.4 Å². The Labute approximate surface area is 306 Å². The lowest BCUT2D eigenvalue weighted by Crippen LogP contribution is -2.53. The third kappa shape index (κ3) is 8.02. The van der Waals surface area contributed by atoms with Gasteiger partial charge in [0.15, 0.2) is 23.9 Å². The molecule has 51 heavy (non-hydrogen) atoms. The van der Waals surface area contributed by atoms with E-state index in [0.29, 0.717) is 62.2 Å². The van der Waals surface area contributed by atoms with Crippen LogP contribution in [-0.4, -0.2) is 67.1 Å². The minimum absolute atomic E-state index is 0.0317. The van der Waals surface area contributed by atoms with Gasteiger partial charge < -0.3 is 29.6 Å². The van der Waals surface area contributed by atoms with Gasteiger partial charge in [0.2, 0.25) is 0 Å². The SMILES string of the molecule is COc1ccc([C@H](Cc2c(Cl)c[n+]([O-])cc2Cl)c2cc(CN(C(=O)O[C@H]3CN4CCC3CC4)c3cccc(CO)c3)ccc2C(=O)O)cc1OC. The molecule has 3 aliphatic rings. The van der Waals surface area contributed by atoms with E-state index in [-0.39, 0.29) is 41.3 Å². The molecule has 4 heterocycles. The number of anilines is 1. The average Bonchev–Trinajstić information content (AvgIpc) is 3.13. The Balaban J connectivity index is 1.43. The summed E-state index contributed by atoms with van der Waals surface area (Å²) in [6.45, 7) is 2.51. The van der Waals surface area contributed by atoms with Gasteiger partial charge in [-0.15, -0.1) is 0 Å². The van der Waals surface area contributed by atoms with Crippen LogP contribution >= 0.6 is 23.2 Å². The van der Waals surface area contributed by atoms with Crippen LogP contribution in [0.3, 0.4) is 0 Å². The van der Waals surface area contributed by atoms with Crippen LogP contribution in [0.25, 0.3) is 0 Å². The number of pyridine rings is 1. The van der Waals surface area contributed by atoms with Crippen LogP contribution in [0.4, 0.5) is 10.5 Å². The number of methoxy groups -OCH3 is 2. The molecule has 0 unspecified atom stereocenters. The van der Waals surface area contributed by atoms with Crippen LogP contribution in [0.1, 0.15) is 56.9 Å². The standard InChI is InChI=1S/C38H39Cl2N3O8/c1-49-34-9-7-26(16-35(34)50-2)29(17-31-32(39)19-42(48)20-33(31)40)30-15-23(6-8-28(30)37(45)46)18-43(27-5-3-4-24(14-27)22-44)38(47)51-36-21-41-12-10-25(36)11-13-41/h3-9,14-16,19-20,25,29,36,44H,10-13,17-18,21-22H2,1-2H3,(H,45,46)/t29-,36-/m0/s1. The molecular weight excluding hydrogens is 697 g/mol. The highest BCUT2D eigenvalue weighted by molar-refractivity contribution is 6.35. The molecule has 2 N–H and O–H groups in total. The van der Waals surface area contributed by atoms with Crippen molar-refractivity contribution in [3.05, 3.63) is 122 Å². The van der Waals surface area contributed by atoms with Crippen LogP contribution in [0.15, 0.2) is 73.1 Å². The number of aromatic carboxylic acids is 1. The molecule has 11 nitrogen and oxygen atoms in total. The molecule has 268 valence electrons. The van der Waals surface area contributed by atoms with E-state index in [1.165, 1.54) is 37.6 Å². The predicted molar refractivity (Wildman–Crippen MR) is 192 cm³/mol. The number of hydrogen-bond donors (Lipinski definition) is 2. The number of carboxylic acid groups (broad SMARTS) is 1. The topological polar surface area (TPSA) is 136 Å². The number of nitrogens with zero attached hydrogens (tertiary/aromatic N) is 3. The largest absolute Gasteiger partial charge is 0.619 e. The second kappa shape index (κ2) is 15.8. The van der Waals surface area contributed by atoms with Gasteiger partial charge in [-0.2, -0.15) is 4.73 Å². The fourth-order valence-corrected chi connectivity index (χ4v) is 7.70. The van der Waals surface area contributed by atoms with Gasteiger partial charge >= 0.3 is 12.1 Å². The van der Waals surface area contributed by atoms with E-state index in [1.54, 1.807) is 54.6 Å². The number of aliphatic hydroxyl groups excluding tert-OH is 1.